The van der Waals surface area contributed by atoms with Crippen LogP contribution >= 0.6 is 0 Å². The van der Waals surface area contributed by atoms with Crippen LogP contribution in [0.1, 0.15) is 0 Å². The average Bonchev–Trinajstić information content (AvgIpc) is 3.60. The molecular weight excluding hydrogens is 621 g/mol. The van der Waals surface area contributed by atoms with Gasteiger partial charge in [0.05, 0.1) is 22.8 Å². The minimum Gasteiger partial charge on any atom is -0.299 e. The van der Waals surface area contributed by atoms with E-state index in [0.717, 1.165) is 56.2 Å². The van der Waals surface area contributed by atoms with Gasteiger partial charge < -0.3 is 0 Å². The third kappa shape index (κ3) is 5.22. The standard InChI is InChI=1S/C47H30N4/c1-4-12-36-27-39(23-16-31(36)9-1)42-30-43(40-24-17-32-10-2-5-13-37(32)28-40)49-47(48-42)35-21-19-34(20-22-35)45-46(51-26-8-7-15-44(51)50-45)41-25-18-33-11-3-6-14-38(33)29-41/h1-30H. The summed E-state index contributed by atoms with van der Waals surface area (Å²) in [4.78, 5) is 15.5. The zero-order chi connectivity index (χ0) is 33.7. The normalized spacial score (nSPS) is 11.5. The Morgan fingerprint density at radius 3 is 1.35 bits per heavy atom. The Hall–Kier alpha value is -6.91. The molecule has 0 bridgehead atoms. The number of pyridine rings is 1. The van der Waals surface area contributed by atoms with Gasteiger partial charge >= 0.3 is 0 Å². The summed E-state index contributed by atoms with van der Waals surface area (Å²) >= 11 is 0. The molecule has 3 heterocycles. The van der Waals surface area contributed by atoms with Crippen molar-refractivity contribution in [2.24, 2.45) is 0 Å². The number of benzene rings is 7. The maximum atomic E-state index is 5.17. The van der Waals surface area contributed by atoms with Crippen LogP contribution in [0.5, 0.6) is 0 Å². The van der Waals surface area contributed by atoms with E-state index in [1.54, 1.807) is 0 Å². The molecule has 238 valence electrons. The quantitative estimate of drug-likeness (QED) is 0.186. The highest BCUT2D eigenvalue weighted by atomic mass is 15.0. The van der Waals surface area contributed by atoms with E-state index in [9.17, 15) is 0 Å². The fourth-order valence-electron chi connectivity index (χ4n) is 7.16. The van der Waals surface area contributed by atoms with Crippen LogP contribution in [0, 0.1) is 0 Å². The monoisotopic (exact) mass is 650 g/mol. The van der Waals surface area contributed by atoms with Crippen LogP contribution in [0.15, 0.2) is 182 Å². The lowest BCUT2D eigenvalue weighted by molar-refractivity contribution is 1.18. The third-order valence-corrected chi connectivity index (χ3v) is 9.79. The first kappa shape index (κ1) is 29.0. The molecule has 0 amide bonds. The van der Waals surface area contributed by atoms with E-state index in [4.69, 9.17) is 15.0 Å². The Balaban J connectivity index is 1.10. The molecule has 7 aromatic carbocycles. The van der Waals surface area contributed by atoms with Crippen molar-refractivity contribution < 1.29 is 0 Å². The van der Waals surface area contributed by atoms with Crippen molar-refractivity contribution in [2.45, 2.75) is 0 Å². The lowest BCUT2D eigenvalue weighted by Crippen LogP contribution is -1.96. The number of hydrogen-bond donors (Lipinski definition) is 0. The fourth-order valence-corrected chi connectivity index (χ4v) is 7.16. The van der Waals surface area contributed by atoms with Gasteiger partial charge in [-0.2, -0.15) is 0 Å². The smallest absolute Gasteiger partial charge is 0.160 e. The summed E-state index contributed by atoms with van der Waals surface area (Å²) in [5.74, 6) is 0.681. The molecule has 3 aromatic heterocycles. The van der Waals surface area contributed by atoms with Gasteiger partial charge in [-0.05, 0) is 68.7 Å². The predicted octanol–water partition coefficient (Wildman–Crippen LogP) is 11.9. The predicted molar refractivity (Wildman–Crippen MR) is 210 cm³/mol. The van der Waals surface area contributed by atoms with Gasteiger partial charge in [0.15, 0.2) is 5.82 Å². The SMILES string of the molecule is c1ccc2cc(-c3cc(-c4ccc5ccccc5c4)nc(-c4ccc(-c5nc6ccccn6c5-c5ccc6ccccc6c5)cc4)n3)ccc2c1. The van der Waals surface area contributed by atoms with E-state index < -0.39 is 0 Å². The van der Waals surface area contributed by atoms with Crippen molar-refractivity contribution in [1.29, 1.82) is 0 Å². The summed E-state index contributed by atoms with van der Waals surface area (Å²) in [6.45, 7) is 0. The first-order valence-corrected chi connectivity index (χ1v) is 17.2. The summed E-state index contributed by atoms with van der Waals surface area (Å²) < 4.78 is 2.18. The molecule has 10 aromatic rings. The van der Waals surface area contributed by atoms with Crippen molar-refractivity contribution in [3.05, 3.63) is 182 Å². The molecule has 0 aliphatic heterocycles. The van der Waals surface area contributed by atoms with E-state index in [-0.39, 0.29) is 0 Å². The molecule has 0 radical (unpaired) electrons. The van der Waals surface area contributed by atoms with E-state index in [1.807, 2.05) is 6.07 Å². The maximum Gasteiger partial charge on any atom is 0.160 e. The zero-order valence-electron chi connectivity index (χ0n) is 27.6. The van der Waals surface area contributed by atoms with Crippen LogP contribution in [-0.2, 0) is 0 Å². The second kappa shape index (κ2) is 11.9. The van der Waals surface area contributed by atoms with E-state index in [1.165, 1.54) is 32.3 Å². The van der Waals surface area contributed by atoms with E-state index in [2.05, 4.69) is 180 Å². The lowest BCUT2D eigenvalue weighted by atomic mass is 10.00. The maximum absolute atomic E-state index is 5.17. The van der Waals surface area contributed by atoms with Gasteiger partial charge in [-0.15, -0.1) is 0 Å². The van der Waals surface area contributed by atoms with Crippen LogP contribution < -0.4 is 0 Å². The average molecular weight is 651 g/mol. The number of imidazole rings is 1. The van der Waals surface area contributed by atoms with Crippen LogP contribution in [0.4, 0.5) is 0 Å². The zero-order valence-corrected chi connectivity index (χ0v) is 27.6. The van der Waals surface area contributed by atoms with Crippen LogP contribution in [-0.4, -0.2) is 19.4 Å². The summed E-state index contributed by atoms with van der Waals surface area (Å²) in [5, 5.41) is 7.19. The van der Waals surface area contributed by atoms with Crippen LogP contribution in [0.25, 0.3) is 94.4 Å². The number of aromatic nitrogens is 4. The van der Waals surface area contributed by atoms with Crippen molar-refractivity contribution in [1.82, 2.24) is 19.4 Å². The number of fused-ring (bicyclic) bond motifs is 4. The fraction of sp³-hybridized carbons (Fsp3) is 0. The molecule has 0 N–H and O–H groups in total. The molecule has 0 saturated heterocycles. The highest BCUT2D eigenvalue weighted by Gasteiger charge is 2.18. The number of rotatable bonds is 5. The van der Waals surface area contributed by atoms with Gasteiger partial charge in [0.25, 0.3) is 0 Å². The Morgan fingerprint density at radius 2 is 0.784 bits per heavy atom. The second-order valence-electron chi connectivity index (χ2n) is 13.0. The van der Waals surface area contributed by atoms with Crippen LogP contribution in [0.3, 0.4) is 0 Å². The molecule has 4 nitrogen and oxygen atoms in total. The minimum atomic E-state index is 0.681. The largest absolute Gasteiger partial charge is 0.299 e. The topological polar surface area (TPSA) is 43.1 Å². The molecule has 10 rings (SSSR count). The Morgan fingerprint density at radius 1 is 0.333 bits per heavy atom. The molecule has 4 heteroatoms. The van der Waals surface area contributed by atoms with Gasteiger partial charge in [-0.1, -0.05) is 140 Å². The minimum absolute atomic E-state index is 0.681. The van der Waals surface area contributed by atoms with Crippen molar-refractivity contribution >= 4 is 38.0 Å². The summed E-state index contributed by atoms with van der Waals surface area (Å²) in [6, 6.07) is 61.8. The molecular formula is C47H30N4. The Labute approximate surface area is 295 Å². The first-order valence-electron chi connectivity index (χ1n) is 17.2. The molecule has 0 unspecified atom stereocenters. The van der Waals surface area contributed by atoms with Gasteiger partial charge in [-0.3, -0.25) is 4.40 Å². The van der Waals surface area contributed by atoms with Gasteiger partial charge in [0.1, 0.15) is 5.65 Å². The van der Waals surface area contributed by atoms with Crippen molar-refractivity contribution in [2.75, 3.05) is 0 Å². The molecule has 51 heavy (non-hydrogen) atoms. The van der Waals surface area contributed by atoms with E-state index >= 15 is 0 Å². The van der Waals surface area contributed by atoms with Crippen molar-refractivity contribution in [3.8, 4) is 56.4 Å². The highest BCUT2D eigenvalue weighted by Crippen LogP contribution is 2.36. The number of hydrogen-bond acceptors (Lipinski definition) is 3. The molecule has 0 aliphatic rings. The Kier molecular flexibility index (Phi) is 6.78. The summed E-state index contributed by atoms with van der Waals surface area (Å²) in [6.07, 6.45) is 2.09. The van der Waals surface area contributed by atoms with Gasteiger partial charge in [0, 0.05) is 34.0 Å². The molecule has 0 atom stereocenters. The van der Waals surface area contributed by atoms with E-state index in [0.29, 0.717) is 5.82 Å². The summed E-state index contributed by atoms with van der Waals surface area (Å²) in [7, 11) is 0. The third-order valence-electron chi connectivity index (χ3n) is 9.79. The van der Waals surface area contributed by atoms with Crippen molar-refractivity contribution in [3.63, 3.8) is 0 Å². The first-order chi connectivity index (χ1) is 25.2. The second-order valence-corrected chi connectivity index (χ2v) is 13.0. The highest BCUT2D eigenvalue weighted by molar-refractivity contribution is 5.92. The molecule has 0 fully saturated rings. The molecule has 0 saturated carbocycles. The summed E-state index contributed by atoms with van der Waals surface area (Å²) in [5.41, 5.74) is 9.90. The Bertz CT molecular complexity index is 2820. The molecule has 0 aliphatic carbocycles. The van der Waals surface area contributed by atoms with Gasteiger partial charge in [0.2, 0.25) is 0 Å². The van der Waals surface area contributed by atoms with Crippen LogP contribution in [0.2, 0.25) is 0 Å². The van der Waals surface area contributed by atoms with Gasteiger partial charge in [-0.25, -0.2) is 15.0 Å². The lowest BCUT2D eigenvalue weighted by Gasteiger charge is -2.11. The number of nitrogens with zero attached hydrogens (tertiary/aromatic N) is 4. The molecule has 0 spiro atoms.